The number of carbonyl (C=O) groups is 2. The maximum Gasteiger partial charge on any atom is 0.309 e. The van der Waals surface area contributed by atoms with Crippen molar-refractivity contribution in [2.75, 3.05) is 25.4 Å². The predicted molar refractivity (Wildman–Crippen MR) is 80.9 cm³/mol. The summed E-state index contributed by atoms with van der Waals surface area (Å²) in [6.45, 7) is 5.28. The van der Waals surface area contributed by atoms with Crippen LogP contribution in [0.2, 0.25) is 0 Å². The zero-order chi connectivity index (χ0) is 15.4. The number of aryl methyl sites for hydroxylation is 1. The van der Waals surface area contributed by atoms with E-state index >= 15 is 0 Å². The van der Waals surface area contributed by atoms with Crippen LogP contribution in [0.4, 0.5) is 5.69 Å². The number of nitrogen functional groups attached to an aromatic ring is 1. The van der Waals surface area contributed by atoms with E-state index in [1.54, 1.807) is 24.0 Å². The first-order valence-electron chi connectivity index (χ1n) is 7.35. The van der Waals surface area contributed by atoms with E-state index < -0.39 is 0 Å². The maximum absolute atomic E-state index is 12.4. The van der Waals surface area contributed by atoms with Gasteiger partial charge in [-0.15, -0.1) is 0 Å². The first-order valence-corrected chi connectivity index (χ1v) is 7.35. The van der Waals surface area contributed by atoms with E-state index in [4.69, 9.17) is 10.5 Å². The number of benzene rings is 1. The molecule has 0 spiro atoms. The van der Waals surface area contributed by atoms with E-state index in [2.05, 4.69) is 0 Å². The Balaban J connectivity index is 1.97. The van der Waals surface area contributed by atoms with Crippen LogP contribution in [0.3, 0.4) is 0 Å². The molecule has 5 heteroatoms. The fourth-order valence-electron chi connectivity index (χ4n) is 2.53. The topological polar surface area (TPSA) is 72.6 Å². The Morgan fingerprint density at radius 1 is 1.33 bits per heavy atom. The number of piperidine rings is 1. The molecule has 1 fully saturated rings. The van der Waals surface area contributed by atoms with Gasteiger partial charge in [0.05, 0.1) is 12.5 Å². The highest BCUT2D eigenvalue weighted by Crippen LogP contribution is 2.21. The SMILES string of the molecule is CCOC(=O)C1CCN(C(=O)c2ccc(C)c(N)c2)CC1. The van der Waals surface area contributed by atoms with Crippen molar-refractivity contribution in [3.05, 3.63) is 29.3 Å². The van der Waals surface area contributed by atoms with Crippen LogP contribution in [-0.4, -0.2) is 36.5 Å². The third-order valence-corrected chi connectivity index (χ3v) is 3.93. The fourth-order valence-corrected chi connectivity index (χ4v) is 2.53. The number of anilines is 1. The van der Waals surface area contributed by atoms with E-state index in [0.29, 0.717) is 43.8 Å². The summed E-state index contributed by atoms with van der Waals surface area (Å²) in [7, 11) is 0. The number of carbonyl (C=O) groups excluding carboxylic acids is 2. The molecule has 114 valence electrons. The van der Waals surface area contributed by atoms with Gasteiger partial charge >= 0.3 is 5.97 Å². The number of amides is 1. The largest absolute Gasteiger partial charge is 0.466 e. The molecule has 1 amide bonds. The van der Waals surface area contributed by atoms with Crippen LogP contribution in [-0.2, 0) is 9.53 Å². The Bertz CT molecular complexity index is 534. The molecule has 1 aromatic rings. The lowest BCUT2D eigenvalue weighted by Crippen LogP contribution is -2.40. The summed E-state index contributed by atoms with van der Waals surface area (Å²) in [4.78, 5) is 25.9. The Morgan fingerprint density at radius 2 is 2.00 bits per heavy atom. The molecule has 1 heterocycles. The summed E-state index contributed by atoms with van der Waals surface area (Å²) in [5.74, 6) is -0.259. The van der Waals surface area contributed by atoms with Crippen molar-refractivity contribution >= 4 is 17.6 Å². The van der Waals surface area contributed by atoms with Crippen molar-refractivity contribution in [3.8, 4) is 0 Å². The van der Waals surface area contributed by atoms with Crippen LogP contribution < -0.4 is 5.73 Å². The summed E-state index contributed by atoms with van der Waals surface area (Å²) in [5.41, 5.74) is 8.05. The fraction of sp³-hybridized carbons (Fsp3) is 0.500. The lowest BCUT2D eigenvalue weighted by Gasteiger charge is -2.31. The lowest BCUT2D eigenvalue weighted by atomic mass is 9.96. The molecule has 0 unspecified atom stereocenters. The molecule has 2 N–H and O–H groups in total. The molecule has 0 bridgehead atoms. The summed E-state index contributed by atoms with van der Waals surface area (Å²) in [5, 5.41) is 0. The van der Waals surface area contributed by atoms with Crippen LogP contribution in [0, 0.1) is 12.8 Å². The average Bonchev–Trinajstić information content (AvgIpc) is 2.50. The van der Waals surface area contributed by atoms with E-state index in [1.165, 1.54) is 0 Å². The van der Waals surface area contributed by atoms with Crippen LogP contribution in [0.25, 0.3) is 0 Å². The number of esters is 1. The Kier molecular flexibility index (Phi) is 4.83. The number of rotatable bonds is 3. The molecule has 1 aliphatic heterocycles. The first kappa shape index (κ1) is 15.4. The molecular weight excluding hydrogens is 268 g/mol. The van der Waals surface area contributed by atoms with E-state index in [-0.39, 0.29) is 17.8 Å². The molecule has 1 aliphatic rings. The third-order valence-electron chi connectivity index (χ3n) is 3.93. The summed E-state index contributed by atoms with van der Waals surface area (Å²) in [6, 6.07) is 5.37. The minimum Gasteiger partial charge on any atom is -0.466 e. The van der Waals surface area contributed by atoms with Gasteiger partial charge in [-0.1, -0.05) is 6.07 Å². The molecule has 1 saturated heterocycles. The Hall–Kier alpha value is -2.04. The molecule has 0 aliphatic carbocycles. The molecule has 5 nitrogen and oxygen atoms in total. The molecule has 0 aromatic heterocycles. The van der Waals surface area contributed by atoms with Crippen molar-refractivity contribution in [1.29, 1.82) is 0 Å². The number of hydrogen-bond donors (Lipinski definition) is 1. The smallest absolute Gasteiger partial charge is 0.309 e. The minimum absolute atomic E-state index is 0.0241. The lowest BCUT2D eigenvalue weighted by molar-refractivity contribution is -0.149. The van der Waals surface area contributed by atoms with Crippen LogP contribution in [0.1, 0.15) is 35.7 Å². The highest BCUT2D eigenvalue weighted by Gasteiger charge is 2.28. The molecule has 0 saturated carbocycles. The van der Waals surface area contributed by atoms with Gasteiger partial charge in [0.2, 0.25) is 0 Å². The standard InChI is InChI=1S/C16H22N2O3/c1-3-21-16(20)12-6-8-18(9-7-12)15(19)13-5-4-11(2)14(17)10-13/h4-5,10,12H,3,6-9,17H2,1-2H3. The molecular formula is C16H22N2O3. The van der Waals surface area contributed by atoms with Crippen molar-refractivity contribution in [2.24, 2.45) is 5.92 Å². The van der Waals surface area contributed by atoms with E-state index in [0.717, 1.165) is 5.56 Å². The van der Waals surface area contributed by atoms with Gasteiger partial charge in [0.15, 0.2) is 0 Å². The number of nitrogens with two attached hydrogens (primary N) is 1. The highest BCUT2D eigenvalue weighted by molar-refractivity contribution is 5.95. The number of nitrogens with zero attached hydrogens (tertiary/aromatic N) is 1. The number of ether oxygens (including phenoxy) is 1. The number of hydrogen-bond acceptors (Lipinski definition) is 4. The Morgan fingerprint density at radius 3 is 2.57 bits per heavy atom. The zero-order valence-corrected chi connectivity index (χ0v) is 12.6. The monoisotopic (exact) mass is 290 g/mol. The van der Waals surface area contributed by atoms with Crippen LogP contribution in [0.5, 0.6) is 0 Å². The minimum atomic E-state index is -0.149. The number of likely N-dealkylation sites (tertiary alicyclic amines) is 1. The second kappa shape index (κ2) is 6.61. The normalized spacial score (nSPS) is 15.8. The first-order chi connectivity index (χ1) is 10.0. The van der Waals surface area contributed by atoms with Gasteiger partial charge in [-0.3, -0.25) is 9.59 Å². The predicted octanol–water partition coefficient (Wildman–Crippen LogP) is 1.99. The van der Waals surface area contributed by atoms with E-state index in [1.807, 2.05) is 13.0 Å². The van der Waals surface area contributed by atoms with Crippen LogP contribution >= 0.6 is 0 Å². The van der Waals surface area contributed by atoms with Crippen molar-refractivity contribution in [2.45, 2.75) is 26.7 Å². The summed E-state index contributed by atoms with van der Waals surface area (Å²) >= 11 is 0. The van der Waals surface area contributed by atoms with Crippen molar-refractivity contribution < 1.29 is 14.3 Å². The highest BCUT2D eigenvalue weighted by atomic mass is 16.5. The average molecular weight is 290 g/mol. The third kappa shape index (κ3) is 3.54. The second-order valence-electron chi connectivity index (χ2n) is 5.39. The maximum atomic E-state index is 12.4. The zero-order valence-electron chi connectivity index (χ0n) is 12.6. The summed E-state index contributed by atoms with van der Waals surface area (Å²) < 4.78 is 5.03. The molecule has 0 radical (unpaired) electrons. The van der Waals surface area contributed by atoms with Gasteiger partial charge in [-0.05, 0) is 44.4 Å². The van der Waals surface area contributed by atoms with Gasteiger partial charge in [0.25, 0.3) is 5.91 Å². The quantitative estimate of drug-likeness (QED) is 0.682. The van der Waals surface area contributed by atoms with Gasteiger partial charge in [-0.25, -0.2) is 0 Å². The molecule has 2 rings (SSSR count). The van der Waals surface area contributed by atoms with E-state index in [9.17, 15) is 9.59 Å². The van der Waals surface area contributed by atoms with Gasteiger partial charge in [-0.2, -0.15) is 0 Å². The summed E-state index contributed by atoms with van der Waals surface area (Å²) in [6.07, 6.45) is 1.32. The van der Waals surface area contributed by atoms with Gasteiger partial charge in [0, 0.05) is 24.3 Å². The Labute approximate surface area is 125 Å². The van der Waals surface area contributed by atoms with Crippen LogP contribution in [0.15, 0.2) is 18.2 Å². The van der Waals surface area contributed by atoms with Gasteiger partial charge in [0.1, 0.15) is 0 Å². The van der Waals surface area contributed by atoms with Crippen molar-refractivity contribution in [1.82, 2.24) is 4.90 Å². The molecule has 1 aromatic carbocycles. The second-order valence-corrected chi connectivity index (χ2v) is 5.39. The van der Waals surface area contributed by atoms with Gasteiger partial charge < -0.3 is 15.4 Å². The van der Waals surface area contributed by atoms with Crippen molar-refractivity contribution in [3.63, 3.8) is 0 Å². The molecule has 0 atom stereocenters. The molecule has 21 heavy (non-hydrogen) atoms.